The van der Waals surface area contributed by atoms with Crippen LogP contribution in [0.5, 0.6) is 0 Å². The molecule has 0 radical (unpaired) electrons. The highest BCUT2D eigenvalue weighted by atomic mass is 79.9. The van der Waals surface area contributed by atoms with Crippen molar-refractivity contribution in [2.75, 3.05) is 12.4 Å². The van der Waals surface area contributed by atoms with Crippen LogP contribution in [0.2, 0.25) is 0 Å². The fourth-order valence-electron chi connectivity index (χ4n) is 2.52. The summed E-state index contributed by atoms with van der Waals surface area (Å²) in [7, 11) is 1.33. The summed E-state index contributed by atoms with van der Waals surface area (Å²) in [5.74, 6) is -0.774. The Bertz CT molecular complexity index is 963. The van der Waals surface area contributed by atoms with Crippen molar-refractivity contribution in [2.24, 2.45) is 0 Å². The Balaban J connectivity index is 2.00. The van der Waals surface area contributed by atoms with Gasteiger partial charge in [0, 0.05) is 15.4 Å². The van der Waals surface area contributed by atoms with Gasteiger partial charge in [0.25, 0.3) is 5.91 Å². The third-order valence-electron chi connectivity index (χ3n) is 3.89. The Kier molecular flexibility index (Phi) is 5.54. The first-order valence-electron chi connectivity index (χ1n) is 7.84. The number of esters is 1. The monoisotopic (exact) mass is 429 g/mol. The van der Waals surface area contributed by atoms with Gasteiger partial charge in [0.15, 0.2) is 0 Å². The van der Waals surface area contributed by atoms with E-state index < -0.39 is 5.97 Å². The number of hydrogen-bond acceptors (Lipinski definition) is 4. The number of carbonyl (C=O) groups is 2. The molecule has 0 spiro atoms. The Morgan fingerprint density at radius 1 is 1.08 bits per heavy atom. The lowest BCUT2D eigenvalue weighted by atomic mass is 10.0. The summed E-state index contributed by atoms with van der Waals surface area (Å²) in [5, 5.41) is 5.15. The van der Waals surface area contributed by atoms with Gasteiger partial charge in [-0.05, 0) is 40.5 Å². The number of nitrogens with one attached hydrogen (secondary N) is 1. The van der Waals surface area contributed by atoms with E-state index in [0.29, 0.717) is 20.6 Å². The fraction of sp³-hybridized carbons (Fsp3) is 0.100. The number of ether oxygens (including phenoxy) is 1. The largest absolute Gasteiger partial charge is 0.465 e. The van der Waals surface area contributed by atoms with Gasteiger partial charge in [0.05, 0.1) is 12.7 Å². The van der Waals surface area contributed by atoms with Crippen molar-refractivity contribution in [1.82, 2.24) is 0 Å². The maximum atomic E-state index is 12.6. The Labute approximate surface area is 163 Å². The number of anilines is 1. The zero-order chi connectivity index (χ0) is 18.7. The molecule has 1 aromatic heterocycles. The predicted octanol–water partition coefficient (Wildman–Crippen LogP) is 5.52. The second-order valence-electron chi connectivity index (χ2n) is 5.65. The molecule has 2 aromatic carbocycles. The van der Waals surface area contributed by atoms with E-state index in [4.69, 9.17) is 4.74 Å². The van der Waals surface area contributed by atoms with Crippen molar-refractivity contribution in [3.63, 3.8) is 0 Å². The highest BCUT2D eigenvalue weighted by Gasteiger charge is 2.23. The van der Waals surface area contributed by atoms with Gasteiger partial charge in [-0.2, -0.15) is 0 Å². The number of halogens is 1. The maximum Gasteiger partial charge on any atom is 0.341 e. The van der Waals surface area contributed by atoms with Crippen LogP contribution in [-0.2, 0) is 4.74 Å². The zero-order valence-electron chi connectivity index (χ0n) is 14.2. The molecule has 0 atom stereocenters. The van der Waals surface area contributed by atoms with Crippen LogP contribution in [0.15, 0.2) is 58.4 Å². The lowest BCUT2D eigenvalue weighted by Crippen LogP contribution is -2.14. The fourth-order valence-corrected chi connectivity index (χ4v) is 3.93. The van der Waals surface area contributed by atoms with E-state index in [1.165, 1.54) is 18.4 Å². The molecule has 6 heteroatoms. The molecule has 0 aliphatic carbocycles. The van der Waals surface area contributed by atoms with E-state index in [9.17, 15) is 9.59 Å². The molecule has 1 N–H and O–H groups in total. The number of aryl methyl sites for hydroxylation is 1. The van der Waals surface area contributed by atoms with Gasteiger partial charge in [-0.1, -0.05) is 42.0 Å². The summed E-state index contributed by atoms with van der Waals surface area (Å²) >= 11 is 4.67. The van der Waals surface area contributed by atoms with Crippen molar-refractivity contribution >= 4 is 44.1 Å². The molecular formula is C20H16BrNO3S. The van der Waals surface area contributed by atoms with Gasteiger partial charge in [0.1, 0.15) is 10.6 Å². The number of carbonyl (C=O) groups excluding carboxylic acids is 2. The minimum atomic E-state index is -0.482. The third kappa shape index (κ3) is 3.71. The maximum absolute atomic E-state index is 12.6. The summed E-state index contributed by atoms with van der Waals surface area (Å²) in [6.45, 7) is 2.00. The molecule has 0 fully saturated rings. The normalized spacial score (nSPS) is 10.4. The summed E-state index contributed by atoms with van der Waals surface area (Å²) in [6.07, 6.45) is 0. The molecule has 3 aromatic rings. The van der Waals surface area contributed by atoms with E-state index >= 15 is 0 Å². The topological polar surface area (TPSA) is 55.4 Å². The van der Waals surface area contributed by atoms with Crippen LogP contribution < -0.4 is 5.32 Å². The SMILES string of the molecule is COC(=O)c1c(-c2ccc(C)cc2)csc1NC(=O)c1ccccc1Br. The average molecular weight is 430 g/mol. The third-order valence-corrected chi connectivity index (χ3v) is 5.48. The number of hydrogen-bond donors (Lipinski definition) is 1. The van der Waals surface area contributed by atoms with E-state index in [-0.39, 0.29) is 5.91 Å². The van der Waals surface area contributed by atoms with Gasteiger partial charge < -0.3 is 10.1 Å². The Hall–Kier alpha value is -2.44. The quantitative estimate of drug-likeness (QED) is 0.555. The number of thiophene rings is 1. The van der Waals surface area contributed by atoms with E-state index in [2.05, 4.69) is 21.2 Å². The van der Waals surface area contributed by atoms with Gasteiger partial charge in [-0.25, -0.2) is 4.79 Å². The standard InChI is InChI=1S/C20H16BrNO3S/c1-12-7-9-13(10-8-12)15-11-26-19(17(15)20(24)25-2)22-18(23)14-5-3-4-6-16(14)21/h3-11H,1-2H3,(H,22,23). The Morgan fingerprint density at radius 2 is 1.77 bits per heavy atom. The molecule has 1 amide bonds. The smallest absolute Gasteiger partial charge is 0.341 e. The molecule has 0 aliphatic heterocycles. The van der Waals surface area contributed by atoms with Crippen molar-refractivity contribution in [1.29, 1.82) is 0 Å². The first-order chi connectivity index (χ1) is 12.5. The molecular weight excluding hydrogens is 414 g/mol. The first kappa shape index (κ1) is 18.4. The van der Waals surface area contributed by atoms with Gasteiger partial charge >= 0.3 is 5.97 Å². The second-order valence-corrected chi connectivity index (χ2v) is 7.38. The van der Waals surface area contributed by atoms with Crippen LogP contribution in [0, 0.1) is 6.92 Å². The lowest BCUT2D eigenvalue weighted by Gasteiger charge is -2.09. The van der Waals surface area contributed by atoms with Crippen molar-refractivity contribution in [3.05, 3.63) is 75.1 Å². The van der Waals surface area contributed by atoms with Gasteiger partial charge in [-0.3, -0.25) is 4.79 Å². The average Bonchev–Trinajstić information content (AvgIpc) is 3.05. The highest BCUT2D eigenvalue weighted by Crippen LogP contribution is 2.36. The highest BCUT2D eigenvalue weighted by molar-refractivity contribution is 9.10. The molecule has 1 heterocycles. The predicted molar refractivity (Wildman–Crippen MR) is 108 cm³/mol. The molecule has 0 unspecified atom stereocenters. The number of benzene rings is 2. The van der Waals surface area contributed by atoms with E-state index in [1.807, 2.05) is 42.6 Å². The van der Waals surface area contributed by atoms with Crippen LogP contribution in [0.25, 0.3) is 11.1 Å². The molecule has 0 aliphatic rings. The molecule has 3 rings (SSSR count). The molecule has 0 saturated heterocycles. The minimum Gasteiger partial charge on any atom is -0.465 e. The molecule has 132 valence electrons. The number of methoxy groups -OCH3 is 1. The molecule has 26 heavy (non-hydrogen) atoms. The van der Waals surface area contributed by atoms with E-state index in [0.717, 1.165) is 16.7 Å². The summed E-state index contributed by atoms with van der Waals surface area (Å²) in [6, 6.07) is 15.0. The van der Waals surface area contributed by atoms with Gasteiger partial charge in [0.2, 0.25) is 0 Å². The van der Waals surface area contributed by atoms with Crippen LogP contribution in [0.4, 0.5) is 5.00 Å². The van der Waals surface area contributed by atoms with Crippen LogP contribution in [0.1, 0.15) is 26.3 Å². The van der Waals surface area contributed by atoms with Crippen LogP contribution in [-0.4, -0.2) is 19.0 Å². The van der Waals surface area contributed by atoms with Crippen LogP contribution in [0.3, 0.4) is 0 Å². The number of rotatable bonds is 4. The lowest BCUT2D eigenvalue weighted by molar-refractivity contribution is 0.0603. The zero-order valence-corrected chi connectivity index (χ0v) is 16.6. The molecule has 4 nitrogen and oxygen atoms in total. The summed E-state index contributed by atoms with van der Waals surface area (Å²) < 4.78 is 5.63. The van der Waals surface area contributed by atoms with Crippen molar-refractivity contribution in [2.45, 2.75) is 6.92 Å². The first-order valence-corrected chi connectivity index (χ1v) is 9.51. The Morgan fingerprint density at radius 3 is 2.42 bits per heavy atom. The number of amides is 1. The molecule has 0 bridgehead atoms. The van der Waals surface area contributed by atoms with Gasteiger partial charge in [-0.15, -0.1) is 11.3 Å². The van der Waals surface area contributed by atoms with Crippen molar-refractivity contribution < 1.29 is 14.3 Å². The second kappa shape index (κ2) is 7.85. The summed E-state index contributed by atoms with van der Waals surface area (Å²) in [4.78, 5) is 25.0. The molecule has 0 saturated carbocycles. The summed E-state index contributed by atoms with van der Waals surface area (Å²) in [5.41, 5.74) is 3.62. The minimum absolute atomic E-state index is 0.292. The van der Waals surface area contributed by atoms with Crippen molar-refractivity contribution in [3.8, 4) is 11.1 Å². The van der Waals surface area contributed by atoms with Crippen LogP contribution >= 0.6 is 27.3 Å². The van der Waals surface area contributed by atoms with E-state index in [1.54, 1.807) is 18.2 Å².